The van der Waals surface area contributed by atoms with Crippen molar-refractivity contribution in [1.29, 1.82) is 0 Å². The minimum Gasteiger partial charge on any atom is -0.479 e. The number of carbonyl (C=O) groups is 1. The lowest BCUT2D eigenvalue weighted by Crippen LogP contribution is -2.11. The fourth-order valence-corrected chi connectivity index (χ4v) is 0.741. The Hall–Kier alpha value is -1.63. The topological polar surface area (TPSA) is 94.4 Å². The summed E-state index contributed by atoms with van der Waals surface area (Å²) in [7, 11) is 1.34. The van der Waals surface area contributed by atoms with E-state index < -0.39 is 12.6 Å². The molecule has 0 saturated carbocycles. The van der Waals surface area contributed by atoms with Gasteiger partial charge in [0.15, 0.2) is 6.61 Å². The van der Waals surface area contributed by atoms with Crippen LogP contribution >= 0.6 is 11.6 Å². The van der Waals surface area contributed by atoms with Crippen LogP contribution in [0.1, 0.15) is 0 Å². The van der Waals surface area contributed by atoms with Crippen molar-refractivity contribution in [3.05, 3.63) is 5.28 Å². The number of aliphatic carboxylic acids is 1. The Morgan fingerprint density at radius 3 is 2.64 bits per heavy atom. The van der Waals surface area contributed by atoms with Crippen LogP contribution in [0.2, 0.25) is 5.28 Å². The van der Waals surface area contributed by atoms with Gasteiger partial charge in [-0.2, -0.15) is 9.97 Å². The molecule has 1 aromatic rings. The molecule has 1 N–H and O–H groups in total. The van der Waals surface area contributed by atoms with Gasteiger partial charge in [0.25, 0.3) is 0 Å². The number of rotatable bonds is 4. The number of methoxy groups -OCH3 is 1. The van der Waals surface area contributed by atoms with Gasteiger partial charge >= 0.3 is 18.0 Å². The summed E-state index contributed by atoms with van der Waals surface area (Å²) in [4.78, 5) is 20.9. The lowest BCUT2D eigenvalue weighted by Gasteiger charge is -2.02. The fourth-order valence-electron chi connectivity index (χ4n) is 0.597. The molecule has 0 radical (unpaired) electrons. The highest BCUT2D eigenvalue weighted by atomic mass is 35.5. The maximum absolute atomic E-state index is 10.2. The van der Waals surface area contributed by atoms with Crippen LogP contribution in [-0.4, -0.2) is 39.7 Å². The van der Waals surface area contributed by atoms with Crippen LogP contribution in [0.3, 0.4) is 0 Å². The molecule has 7 nitrogen and oxygen atoms in total. The van der Waals surface area contributed by atoms with E-state index in [0.717, 1.165) is 0 Å². The second-order valence-corrected chi connectivity index (χ2v) is 2.39. The summed E-state index contributed by atoms with van der Waals surface area (Å²) in [5.41, 5.74) is 0. The van der Waals surface area contributed by atoms with Crippen molar-refractivity contribution < 1.29 is 19.4 Å². The highest BCUT2D eigenvalue weighted by Crippen LogP contribution is 2.12. The Kier molecular flexibility index (Phi) is 3.41. The van der Waals surface area contributed by atoms with Gasteiger partial charge in [-0.1, -0.05) is 0 Å². The Morgan fingerprint density at radius 2 is 2.07 bits per heavy atom. The largest absolute Gasteiger partial charge is 0.479 e. The van der Waals surface area contributed by atoms with E-state index in [1.165, 1.54) is 7.11 Å². The molecule has 0 aliphatic rings. The van der Waals surface area contributed by atoms with E-state index in [9.17, 15) is 4.79 Å². The van der Waals surface area contributed by atoms with Crippen LogP contribution in [0.5, 0.6) is 12.0 Å². The molecule has 0 spiro atoms. The van der Waals surface area contributed by atoms with Crippen LogP contribution in [0.4, 0.5) is 0 Å². The van der Waals surface area contributed by atoms with Crippen molar-refractivity contribution in [2.24, 2.45) is 0 Å². The third-order valence-electron chi connectivity index (χ3n) is 1.07. The highest BCUT2D eigenvalue weighted by molar-refractivity contribution is 6.28. The van der Waals surface area contributed by atoms with Crippen molar-refractivity contribution in [2.45, 2.75) is 0 Å². The molecule has 1 aromatic heterocycles. The summed E-state index contributed by atoms with van der Waals surface area (Å²) in [5, 5.41) is 8.18. The average Bonchev–Trinajstić information content (AvgIpc) is 2.14. The van der Waals surface area contributed by atoms with Gasteiger partial charge in [0, 0.05) is 0 Å². The summed E-state index contributed by atoms with van der Waals surface area (Å²) in [6.45, 7) is -0.552. The average molecular weight is 220 g/mol. The first-order valence-corrected chi connectivity index (χ1v) is 3.80. The number of nitrogens with zero attached hydrogens (tertiary/aromatic N) is 3. The van der Waals surface area contributed by atoms with E-state index in [1.807, 2.05) is 0 Å². The van der Waals surface area contributed by atoms with Crippen LogP contribution in [-0.2, 0) is 4.79 Å². The Morgan fingerprint density at radius 1 is 1.43 bits per heavy atom. The number of carboxylic acids is 1. The summed E-state index contributed by atoms with van der Waals surface area (Å²) in [5.74, 6) is -1.14. The van der Waals surface area contributed by atoms with Gasteiger partial charge in [-0.3, -0.25) is 0 Å². The number of halogens is 1. The molecule has 0 aliphatic heterocycles. The van der Waals surface area contributed by atoms with Gasteiger partial charge in [-0.05, 0) is 11.6 Å². The molecule has 0 saturated heterocycles. The van der Waals surface area contributed by atoms with Gasteiger partial charge in [-0.15, -0.1) is 4.98 Å². The molecule has 0 atom stereocenters. The Labute approximate surface area is 83.7 Å². The van der Waals surface area contributed by atoms with E-state index >= 15 is 0 Å². The fraction of sp³-hybridized carbons (Fsp3) is 0.333. The van der Waals surface area contributed by atoms with Crippen molar-refractivity contribution in [1.82, 2.24) is 15.0 Å². The summed E-state index contributed by atoms with van der Waals surface area (Å²) < 4.78 is 9.33. The SMILES string of the molecule is COc1nc(Cl)nc(OCC(=O)O)n1. The van der Waals surface area contributed by atoms with Crippen LogP contribution in [0.25, 0.3) is 0 Å². The quantitative estimate of drug-likeness (QED) is 0.761. The summed E-state index contributed by atoms with van der Waals surface area (Å²) in [6, 6.07) is -0.227. The lowest BCUT2D eigenvalue weighted by atomic mass is 10.7. The normalized spacial score (nSPS) is 9.57. The molecular formula is C6H6ClN3O4. The van der Waals surface area contributed by atoms with Crippen LogP contribution < -0.4 is 9.47 Å². The Bertz CT molecular complexity index is 346. The first-order chi connectivity index (χ1) is 6.61. The molecule has 0 fully saturated rings. The third-order valence-corrected chi connectivity index (χ3v) is 1.24. The van der Waals surface area contributed by atoms with Gasteiger partial charge in [0.1, 0.15) is 0 Å². The van der Waals surface area contributed by atoms with Crippen molar-refractivity contribution in [2.75, 3.05) is 13.7 Å². The molecule has 8 heteroatoms. The van der Waals surface area contributed by atoms with Gasteiger partial charge in [0.05, 0.1) is 7.11 Å². The number of aromatic nitrogens is 3. The van der Waals surface area contributed by atoms with Crippen molar-refractivity contribution in [3.63, 3.8) is 0 Å². The van der Waals surface area contributed by atoms with E-state index in [4.69, 9.17) is 16.7 Å². The number of hydrogen-bond donors (Lipinski definition) is 1. The number of hydrogen-bond acceptors (Lipinski definition) is 6. The monoisotopic (exact) mass is 219 g/mol. The molecule has 14 heavy (non-hydrogen) atoms. The zero-order valence-corrected chi connectivity index (χ0v) is 7.85. The van der Waals surface area contributed by atoms with E-state index in [2.05, 4.69) is 24.4 Å². The van der Waals surface area contributed by atoms with Crippen molar-refractivity contribution >= 4 is 17.6 Å². The molecule has 76 valence electrons. The maximum atomic E-state index is 10.2. The predicted octanol–water partition coefficient (Wildman–Crippen LogP) is -0.00300. The first kappa shape index (κ1) is 10.5. The molecule has 1 heterocycles. The summed E-state index contributed by atoms with van der Waals surface area (Å²) >= 11 is 5.47. The van der Waals surface area contributed by atoms with Gasteiger partial charge in [-0.25, -0.2) is 4.79 Å². The zero-order valence-electron chi connectivity index (χ0n) is 7.10. The number of ether oxygens (including phenoxy) is 2. The predicted molar refractivity (Wildman–Crippen MR) is 44.5 cm³/mol. The minimum atomic E-state index is -1.14. The number of carboxylic acid groups (broad SMARTS) is 1. The standard InChI is InChI=1S/C6H6ClN3O4/c1-13-5-8-4(7)9-6(10-5)14-2-3(11)12/h2H2,1H3,(H,11,12). The van der Waals surface area contributed by atoms with Crippen LogP contribution in [0.15, 0.2) is 0 Å². The van der Waals surface area contributed by atoms with Crippen molar-refractivity contribution in [3.8, 4) is 12.0 Å². The smallest absolute Gasteiger partial charge is 0.341 e. The molecule has 0 aliphatic carbocycles. The molecular weight excluding hydrogens is 214 g/mol. The lowest BCUT2D eigenvalue weighted by molar-refractivity contribution is -0.139. The van der Waals surface area contributed by atoms with E-state index in [1.54, 1.807) is 0 Å². The zero-order chi connectivity index (χ0) is 10.6. The molecule has 0 unspecified atom stereocenters. The Balaban J connectivity index is 2.76. The second-order valence-electron chi connectivity index (χ2n) is 2.06. The summed E-state index contributed by atoms with van der Waals surface area (Å²) in [6.07, 6.45) is 0. The maximum Gasteiger partial charge on any atom is 0.341 e. The molecule has 1 rings (SSSR count). The van der Waals surface area contributed by atoms with Gasteiger partial charge in [0.2, 0.25) is 5.28 Å². The van der Waals surface area contributed by atoms with E-state index in [-0.39, 0.29) is 17.3 Å². The molecule has 0 aromatic carbocycles. The molecule has 0 bridgehead atoms. The van der Waals surface area contributed by atoms with Crippen LogP contribution in [0, 0.1) is 0 Å². The highest BCUT2D eigenvalue weighted by Gasteiger charge is 2.07. The van der Waals surface area contributed by atoms with E-state index in [0.29, 0.717) is 0 Å². The molecule has 0 amide bonds. The first-order valence-electron chi connectivity index (χ1n) is 3.42. The third kappa shape index (κ3) is 3.02. The minimum absolute atomic E-state index is 0.0367. The van der Waals surface area contributed by atoms with Gasteiger partial charge < -0.3 is 14.6 Å². The second kappa shape index (κ2) is 4.56.